The van der Waals surface area contributed by atoms with Crippen molar-refractivity contribution < 1.29 is 5.11 Å². The third-order valence-corrected chi connectivity index (χ3v) is 5.96. The molecule has 2 aliphatic rings. The van der Waals surface area contributed by atoms with Crippen LogP contribution in [0.4, 0.5) is 5.95 Å². The number of hydrogen-bond acceptors (Lipinski definition) is 6. The van der Waals surface area contributed by atoms with Crippen LogP contribution in [0.25, 0.3) is 0 Å². The summed E-state index contributed by atoms with van der Waals surface area (Å²) >= 11 is 5.98. The van der Waals surface area contributed by atoms with Crippen LogP contribution in [0.3, 0.4) is 0 Å². The molecule has 2 atom stereocenters. The van der Waals surface area contributed by atoms with Crippen LogP contribution < -0.4 is 4.90 Å². The molecule has 0 saturated carbocycles. The number of aliphatic hydroxyl groups excluding tert-OH is 1. The van der Waals surface area contributed by atoms with Gasteiger partial charge >= 0.3 is 0 Å². The van der Waals surface area contributed by atoms with Gasteiger partial charge in [0.25, 0.3) is 0 Å². The van der Waals surface area contributed by atoms with Crippen LogP contribution >= 0.6 is 11.6 Å². The smallest absolute Gasteiger partial charge is 0.225 e. The molecule has 0 amide bonds. The number of piperazine rings is 1. The van der Waals surface area contributed by atoms with Gasteiger partial charge in [-0.1, -0.05) is 23.7 Å². The Balaban J connectivity index is 1.33. The van der Waals surface area contributed by atoms with Gasteiger partial charge in [0.15, 0.2) is 0 Å². The van der Waals surface area contributed by atoms with Crippen LogP contribution in [0.5, 0.6) is 0 Å². The minimum Gasteiger partial charge on any atom is -0.390 e. The summed E-state index contributed by atoms with van der Waals surface area (Å²) in [5.74, 6) is 0.737. The standard InChI is InChI=1S/C21H28ClN5O/c1-15-11-16(2)24-21(23-15)27-13-19(20(28)14-27)26-9-7-25(8-10-26)12-17-3-5-18(22)6-4-17/h3-6,11,19-20,28H,7-10,12-14H2,1-2H3. The molecule has 2 saturated heterocycles. The Kier molecular flexibility index (Phi) is 5.83. The molecular weight excluding hydrogens is 374 g/mol. The lowest BCUT2D eigenvalue weighted by Crippen LogP contribution is -2.53. The fourth-order valence-corrected chi connectivity index (χ4v) is 4.37. The number of aliphatic hydroxyl groups is 1. The number of hydrogen-bond donors (Lipinski definition) is 1. The Bertz CT molecular complexity index is 787. The summed E-state index contributed by atoms with van der Waals surface area (Å²) in [4.78, 5) is 16.1. The molecule has 4 rings (SSSR count). The molecule has 2 aromatic rings. The van der Waals surface area contributed by atoms with Crippen LogP contribution in [-0.2, 0) is 6.54 Å². The molecule has 1 aromatic carbocycles. The van der Waals surface area contributed by atoms with E-state index in [0.29, 0.717) is 6.54 Å². The zero-order valence-electron chi connectivity index (χ0n) is 16.6. The van der Waals surface area contributed by atoms with Crippen molar-refractivity contribution in [3.8, 4) is 0 Å². The van der Waals surface area contributed by atoms with Crippen molar-refractivity contribution in [1.29, 1.82) is 0 Å². The molecular formula is C21H28ClN5O. The van der Waals surface area contributed by atoms with E-state index in [1.54, 1.807) is 0 Å². The Morgan fingerprint density at radius 1 is 1.00 bits per heavy atom. The Hall–Kier alpha value is -1.73. The lowest BCUT2D eigenvalue weighted by Gasteiger charge is -2.38. The van der Waals surface area contributed by atoms with Gasteiger partial charge in [-0.05, 0) is 37.6 Å². The van der Waals surface area contributed by atoms with E-state index in [9.17, 15) is 5.11 Å². The third kappa shape index (κ3) is 4.46. The number of aryl methyl sites for hydroxylation is 2. The first-order valence-corrected chi connectivity index (χ1v) is 10.3. The molecule has 0 spiro atoms. The van der Waals surface area contributed by atoms with Crippen molar-refractivity contribution in [3.05, 3.63) is 52.3 Å². The van der Waals surface area contributed by atoms with Gasteiger partial charge in [0.05, 0.1) is 12.1 Å². The van der Waals surface area contributed by atoms with E-state index in [1.165, 1.54) is 5.56 Å². The monoisotopic (exact) mass is 401 g/mol. The van der Waals surface area contributed by atoms with Gasteiger partial charge in [0.1, 0.15) is 0 Å². The molecule has 1 N–H and O–H groups in total. The highest BCUT2D eigenvalue weighted by Crippen LogP contribution is 2.23. The topological polar surface area (TPSA) is 55.7 Å². The van der Waals surface area contributed by atoms with Gasteiger partial charge in [-0.25, -0.2) is 9.97 Å². The number of rotatable bonds is 4. The fraction of sp³-hybridized carbons (Fsp3) is 0.524. The second-order valence-electron chi connectivity index (χ2n) is 7.93. The Labute approximate surface area is 171 Å². The Morgan fingerprint density at radius 3 is 2.29 bits per heavy atom. The number of anilines is 1. The summed E-state index contributed by atoms with van der Waals surface area (Å²) in [6, 6.07) is 10.2. The molecule has 0 radical (unpaired) electrons. The molecule has 1 aromatic heterocycles. The van der Waals surface area contributed by atoms with Crippen LogP contribution in [0.2, 0.25) is 5.02 Å². The van der Waals surface area contributed by atoms with E-state index in [0.717, 1.165) is 61.6 Å². The van der Waals surface area contributed by atoms with Crippen LogP contribution in [0.1, 0.15) is 17.0 Å². The SMILES string of the molecule is Cc1cc(C)nc(N2CC(O)C(N3CCN(Cc4ccc(Cl)cc4)CC3)C2)n1. The second kappa shape index (κ2) is 8.33. The van der Waals surface area contributed by atoms with Gasteiger partial charge < -0.3 is 10.0 Å². The predicted octanol–water partition coefficient (Wildman–Crippen LogP) is 2.11. The molecule has 3 heterocycles. The summed E-state index contributed by atoms with van der Waals surface area (Å²) in [6.45, 7) is 10.2. The van der Waals surface area contributed by atoms with Gasteiger partial charge in [0.2, 0.25) is 5.95 Å². The highest BCUT2D eigenvalue weighted by Gasteiger charge is 2.37. The molecule has 2 fully saturated rings. The maximum Gasteiger partial charge on any atom is 0.225 e. The lowest BCUT2D eigenvalue weighted by atomic mass is 10.1. The van der Waals surface area contributed by atoms with Crippen molar-refractivity contribution in [2.24, 2.45) is 0 Å². The van der Waals surface area contributed by atoms with Gasteiger partial charge in [-0.15, -0.1) is 0 Å². The van der Waals surface area contributed by atoms with E-state index in [2.05, 4.69) is 36.8 Å². The fourth-order valence-electron chi connectivity index (χ4n) is 4.24. The van der Waals surface area contributed by atoms with Gasteiger partial charge in [0, 0.05) is 62.2 Å². The van der Waals surface area contributed by atoms with E-state index >= 15 is 0 Å². The van der Waals surface area contributed by atoms with E-state index in [-0.39, 0.29) is 12.1 Å². The van der Waals surface area contributed by atoms with Gasteiger partial charge in [-0.2, -0.15) is 0 Å². The lowest BCUT2D eigenvalue weighted by molar-refractivity contribution is 0.0424. The molecule has 7 heteroatoms. The van der Waals surface area contributed by atoms with E-state index in [1.807, 2.05) is 32.0 Å². The second-order valence-corrected chi connectivity index (χ2v) is 8.37. The molecule has 2 unspecified atom stereocenters. The van der Waals surface area contributed by atoms with Crippen molar-refractivity contribution in [2.45, 2.75) is 32.5 Å². The predicted molar refractivity (Wildman–Crippen MR) is 112 cm³/mol. The highest BCUT2D eigenvalue weighted by atomic mass is 35.5. The Morgan fingerprint density at radius 2 is 1.64 bits per heavy atom. The summed E-state index contributed by atoms with van der Waals surface area (Å²) in [7, 11) is 0. The number of benzene rings is 1. The quantitative estimate of drug-likeness (QED) is 0.846. The molecule has 150 valence electrons. The molecule has 6 nitrogen and oxygen atoms in total. The van der Waals surface area contributed by atoms with Crippen molar-refractivity contribution in [2.75, 3.05) is 44.2 Å². The molecule has 0 aliphatic carbocycles. The summed E-state index contributed by atoms with van der Waals surface area (Å²) in [6.07, 6.45) is -0.368. The first kappa shape index (κ1) is 19.6. The van der Waals surface area contributed by atoms with Crippen molar-refractivity contribution >= 4 is 17.5 Å². The largest absolute Gasteiger partial charge is 0.390 e. The average Bonchev–Trinajstić information content (AvgIpc) is 3.05. The van der Waals surface area contributed by atoms with E-state index in [4.69, 9.17) is 11.6 Å². The number of halogens is 1. The van der Waals surface area contributed by atoms with Crippen molar-refractivity contribution in [3.63, 3.8) is 0 Å². The summed E-state index contributed by atoms with van der Waals surface area (Å²) in [5, 5.41) is 11.5. The number of aromatic nitrogens is 2. The van der Waals surface area contributed by atoms with E-state index < -0.39 is 0 Å². The maximum atomic E-state index is 10.7. The molecule has 28 heavy (non-hydrogen) atoms. The third-order valence-electron chi connectivity index (χ3n) is 5.71. The zero-order valence-corrected chi connectivity index (χ0v) is 17.3. The van der Waals surface area contributed by atoms with Crippen LogP contribution in [0.15, 0.2) is 30.3 Å². The van der Waals surface area contributed by atoms with Gasteiger partial charge in [-0.3, -0.25) is 9.80 Å². The maximum absolute atomic E-state index is 10.7. The zero-order chi connectivity index (χ0) is 19.7. The summed E-state index contributed by atoms with van der Waals surface area (Å²) in [5.41, 5.74) is 3.23. The minimum absolute atomic E-state index is 0.141. The molecule has 0 bridgehead atoms. The van der Waals surface area contributed by atoms with Crippen molar-refractivity contribution in [1.82, 2.24) is 19.8 Å². The van der Waals surface area contributed by atoms with Crippen LogP contribution in [0, 0.1) is 13.8 Å². The van der Waals surface area contributed by atoms with Crippen LogP contribution in [-0.4, -0.2) is 76.3 Å². The first-order chi connectivity index (χ1) is 13.5. The average molecular weight is 402 g/mol. The highest BCUT2D eigenvalue weighted by molar-refractivity contribution is 6.30. The normalized spacial score (nSPS) is 24.1. The number of nitrogens with zero attached hydrogens (tertiary/aromatic N) is 5. The molecule has 2 aliphatic heterocycles. The minimum atomic E-state index is -0.368. The summed E-state index contributed by atoms with van der Waals surface area (Å²) < 4.78 is 0. The first-order valence-electron chi connectivity index (χ1n) is 9.94. The number of β-amino-alcohol motifs (C(OH)–C–C–N with tert-alkyl or cyclic N) is 1.